The van der Waals surface area contributed by atoms with E-state index in [0.29, 0.717) is 6.79 Å². The Hall–Kier alpha value is -0.780. The molecule has 1 fully saturated rings. The Balaban J connectivity index is 1.68. The second-order valence-electron chi connectivity index (χ2n) is 4.87. The first-order valence-corrected chi connectivity index (χ1v) is 8.79. The summed E-state index contributed by atoms with van der Waals surface area (Å²) in [6.07, 6.45) is 4.33. The van der Waals surface area contributed by atoms with Gasteiger partial charge in [0.25, 0.3) is 0 Å². The van der Waals surface area contributed by atoms with E-state index in [9.17, 15) is 5.11 Å². The molecular weight excluding hydrogens is 292 g/mol. The predicted molar refractivity (Wildman–Crippen MR) is 84.5 cm³/mol. The van der Waals surface area contributed by atoms with E-state index in [1.165, 1.54) is 27.7 Å². The highest BCUT2D eigenvalue weighted by Crippen LogP contribution is 2.36. The van der Waals surface area contributed by atoms with Crippen LogP contribution in [0.1, 0.15) is 12.0 Å². The van der Waals surface area contributed by atoms with Gasteiger partial charge in [-0.15, -0.1) is 23.5 Å². The summed E-state index contributed by atoms with van der Waals surface area (Å²) < 4.78 is 12.1. The molecule has 2 heterocycles. The first-order valence-electron chi connectivity index (χ1n) is 6.82. The molecule has 1 aromatic carbocycles. The van der Waals surface area contributed by atoms with Crippen LogP contribution in [-0.4, -0.2) is 30.0 Å². The van der Waals surface area contributed by atoms with E-state index in [-0.39, 0.29) is 12.5 Å². The molecular formula is C15H18O3S2. The molecule has 0 radical (unpaired) electrons. The molecule has 0 bridgehead atoms. The van der Waals surface area contributed by atoms with Crippen LogP contribution in [-0.2, 0) is 6.42 Å². The standard InChI is InChI=1S/C15H18O3S2/c16-9-12(8-15-19-4-1-5-20-15)6-11-2-3-13-14(7-11)18-10-17-13/h2-3,7-8,12,16H,1,4-6,9-10H2/t12-/m1/s1. The molecule has 0 saturated carbocycles. The Labute approximate surface area is 127 Å². The monoisotopic (exact) mass is 310 g/mol. The number of hydrogen-bond acceptors (Lipinski definition) is 5. The number of aliphatic hydroxyl groups excluding tert-OH is 1. The van der Waals surface area contributed by atoms with Crippen molar-refractivity contribution in [1.29, 1.82) is 0 Å². The third kappa shape index (κ3) is 3.45. The SMILES string of the molecule is OC[C@@H](C=C1SCCCS1)Cc1ccc2c(c1)OCO2. The topological polar surface area (TPSA) is 38.7 Å². The molecule has 1 aromatic rings. The molecule has 1 N–H and O–H groups in total. The van der Waals surface area contributed by atoms with Crippen molar-refractivity contribution < 1.29 is 14.6 Å². The zero-order chi connectivity index (χ0) is 13.8. The van der Waals surface area contributed by atoms with Gasteiger partial charge in [0, 0.05) is 16.8 Å². The van der Waals surface area contributed by atoms with Gasteiger partial charge < -0.3 is 14.6 Å². The zero-order valence-corrected chi connectivity index (χ0v) is 12.8. The van der Waals surface area contributed by atoms with Crippen LogP contribution in [0, 0.1) is 5.92 Å². The minimum Gasteiger partial charge on any atom is -0.454 e. The van der Waals surface area contributed by atoms with Crippen LogP contribution in [0.5, 0.6) is 11.5 Å². The van der Waals surface area contributed by atoms with Crippen molar-refractivity contribution in [2.75, 3.05) is 24.9 Å². The summed E-state index contributed by atoms with van der Waals surface area (Å²) in [5, 5.41) is 9.59. The van der Waals surface area contributed by atoms with Gasteiger partial charge in [0.1, 0.15) is 0 Å². The predicted octanol–water partition coefficient (Wildman–Crippen LogP) is 3.28. The van der Waals surface area contributed by atoms with Crippen LogP contribution in [0.3, 0.4) is 0 Å². The van der Waals surface area contributed by atoms with Gasteiger partial charge >= 0.3 is 0 Å². The fourth-order valence-corrected chi connectivity index (χ4v) is 4.85. The molecule has 5 heteroatoms. The van der Waals surface area contributed by atoms with Crippen LogP contribution in [0.4, 0.5) is 0 Å². The number of aliphatic hydroxyl groups is 1. The lowest BCUT2D eigenvalue weighted by atomic mass is 10.00. The van der Waals surface area contributed by atoms with Crippen molar-refractivity contribution in [3.05, 3.63) is 34.1 Å². The number of fused-ring (bicyclic) bond motifs is 1. The lowest BCUT2D eigenvalue weighted by molar-refractivity contribution is 0.174. The number of rotatable bonds is 4. The molecule has 1 atom stereocenters. The molecule has 3 rings (SSSR count). The maximum Gasteiger partial charge on any atom is 0.231 e. The molecule has 2 aliphatic heterocycles. The van der Waals surface area contributed by atoms with E-state index < -0.39 is 0 Å². The van der Waals surface area contributed by atoms with Crippen LogP contribution in [0.25, 0.3) is 0 Å². The minimum absolute atomic E-state index is 0.170. The van der Waals surface area contributed by atoms with E-state index in [1.54, 1.807) is 0 Å². The van der Waals surface area contributed by atoms with E-state index >= 15 is 0 Å². The summed E-state index contributed by atoms with van der Waals surface area (Å²) >= 11 is 3.81. The highest BCUT2D eigenvalue weighted by atomic mass is 32.2. The second kappa shape index (κ2) is 6.78. The maximum atomic E-state index is 9.59. The van der Waals surface area contributed by atoms with Crippen molar-refractivity contribution in [3.8, 4) is 11.5 Å². The van der Waals surface area contributed by atoms with Crippen LogP contribution in [0.2, 0.25) is 0 Å². The molecule has 3 nitrogen and oxygen atoms in total. The number of benzene rings is 1. The van der Waals surface area contributed by atoms with Crippen molar-refractivity contribution in [2.45, 2.75) is 12.8 Å². The third-order valence-corrected chi connectivity index (χ3v) is 5.85. The zero-order valence-electron chi connectivity index (χ0n) is 11.2. The fraction of sp³-hybridized carbons (Fsp3) is 0.467. The van der Waals surface area contributed by atoms with E-state index in [0.717, 1.165) is 17.9 Å². The number of thioether (sulfide) groups is 2. The van der Waals surface area contributed by atoms with Crippen LogP contribution in [0.15, 0.2) is 28.5 Å². The van der Waals surface area contributed by atoms with E-state index in [4.69, 9.17) is 9.47 Å². The van der Waals surface area contributed by atoms with Crippen LogP contribution < -0.4 is 9.47 Å². The lowest BCUT2D eigenvalue weighted by Gasteiger charge is -2.16. The number of hydrogen-bond donors (Lipinski definition) is 1. The first-order chi connectivity index (χ1) is 9.85. The Morgan fingerprint density at radius 1 is 1.20 bits per heavy atom. The Morgan fingerprint density at radius 3 is 2.80 bits per heavy atom. The molecule has 2 aliphatic rings. The number of ether oxygens (including phenoxy) is 2. The quantitative estimate of drug-likeness (QED) is 0.924. The lowest BCUT2D eigenvalue weighted by Crippen LogP contribution is -2.08. The molecule has 108 valence electrons. The smallest absolute Gasteiger partial charge is 0.231 e. The van der Waals surface area contributed by atoms with Crippen LogP contribution >= 0.6 is 23.5 Å². The van der Waals surface area contributed by atoms with Crippen molar-refractivity contribution in [3.63, 3.8) is 0 Å². The molecule has 0 unspecified atom stereocenters. The normalized spacial score (nSPS) is 18.9. The Morgan fingerprint density at radius 2 is 2.00 bits per heavy atom. The average Bonchev–Trinajstić information content (AvgIpc) is 2.95. The van der Waals surface area contributed by atoms with Gasteiger partial charge in [-0.2, -0.15) is 0 Å². The summed E-state index contributed by atoms with van der Waals surface area (Å²) in [5.41, 5.74) is 1.18. The maximum absolute atomic E-state index is 9.59. The van der Waals surface area contributed by atoms with Gasteiger partial charge in [-0.1, -0.05) is 12.1 Å². The third-order valence-electron chi connectivity index (χ3n) is 3.32. The van der Waals surface area contributed by atoms with E-state index in [2.05, 4.69) is 12.1 Å². The molecule has 20 heavy (non-hydrogen) atoms. The van der Waals surface area contributed by atoms with Gasteiger partial charge in [0.15, 0.2) is 11.5 Å². The highest BCUT2D eigenvalue weighted by Gasteiger charge is 2.16. The second-order valence-corrected chi connectivity index (χ2v) is 7.40. The highest BCUT2D eigenvalue weighted by molar-refractivity contribution is 8.22. The van der Waals surface area contributed by atoms with Gasteiger partial charge in [0.05, 0.1) is 0 Å². The van der Waals surface area contributed by atoms with Gasteiger partial charge in [-0.3, -0.25) is 0 Å². The molecule has 0 aromatic heterocycles. The summed E-state index contributed by atoms with van der Waals surface area (Å²) in [4.78, 5) is 0. The van der Waals surface area contributed by atoms with Gasteiger partial charge in [-0.05, 0) is 42.0 Å². The summed E-state index contributed by atoms with van der Waals surface area (Å²) in [5.74, 6) is 4.19. The Bertz CT molecular complexity index is 494. The summed E-state index contributed by atoms with van der Waals surface area (Å²) in [6.45, 7) is 0.485. The summed E-state index contributed by atoms with van der Waals surface area (Å²) in [6, 6.07) is 6.02. The van der Waals surface area contributed by atoms with Gasteiger partial charge in [0.2, 0.25) is 6.79 Å². The molecule has 1 saturated heterocycles. The average molecular weight is 310 g/mol. The Kier molecular flexibility index (Phi) is 4.81. The molecule has 0 aliphatic carbocycles. The first kappa shape index (κ1) is 14.2. The molecule has 0 amide bonds. The van der Waals surface area contributed by atoms with Crippen molar-refractivity contribution >= 4 is 23.5 Å². The van der Waals surface area contributed by atoms with Crippen molar-refractivity contribution in [2.24, 2.45) is 5.92 Å². The minimum atomic E-state index is 0.170. The molecule has 0 spiro atoms. The van der Waals surface area contributed by atoms with Gasteiger partial charge in [-0.25, -0.2) is 0 Å². The summed E-state index contributed by atoms with van der Waals surface area (Å²) in [7, 11) is 0. The largest absolute Gasteiger partial charge is 0.454 e. The fourth-order valence-electron chi connectivity index (χ4n) is 2.28. The van der Waals surface area contributed by atoms with Crippen molar-refractivity contribution in [1.82, 2.24) is 0 Å². The van der Waals surface area contributed by atoms with E-state index in [1.807, 2.05) is 35.7 Å².